The number of halogens is 2. The topological polar surface area (TPSA) is 38.0 Å². The summed E-state index contributed by atoms with van der Waals surface area (Å²) < 4.78 is 25.7. The van der Waals surface area contributed by atoms with Gasteiger partial charge in [-0.1, -0.05) is 6.07 Å². The highest BCUT2D eigenvalue weighted by Crippen LogP contribution is 2.10. The molecule has 0 aromatic heterocycles. The van der Waals surface area contributed by atoms with Crippen molar-refractivity contribution in [1.29, 1.82) is 0 Å². The number of benzene rings is 1. The molecule has 0 amide bonds. The third kappa shape index (κ3) is 4.79. The Balaban J connectivity index is 2.43. The van der Waals surface area contributed by atoms with Crippen LogP contribution in [0, 0.1) is 11.6 Å². The Labute approximate surface area is 101 Å². The fraction of sp³-hybridized carbons (Fsp3) is 0.538. The van der Waals surface area contributed by atoms with Gasteiger partial charge in [-0.25, -0.2) is 8.78 Å². The highest BCUT2D eigenvalue weighted by molar-refractivity contribution is 5.18. The van der Waals surface area contributed by atoms with Crippen LogP contribution in [-0.4, -0.2) is 18.6 Å². The van der Waals surface area contributed by atoms with E-state index in [9.17, 15) is 8.78 Å². The maximum Gasteiger partial charge on any atom is 0.159 e. The summed E-state index contributed by atoms with van der Waals surface area (Å²) in [7, 11) is 0. The molecule has 0 atom stereocenters. The summed E-state index contributed by atoms with van der Waals surface area (Å²) in [6, 6.07) is 4.01. The molecule has 0 aliphatic heterocycles. The molecule has 0 unspecified atom stereocenters. The molecular formula is C13H20F2N2. The minimum atomic E-state index is -0.801. The molecule has 0 aliphatic carbocycles. The zero-order valence-electron chi connectivity index (χ0n) is 10.4. The molecule has 96 valence electrons. The van der Waals surface area contributed by atoms with Gasteiger partial charge in [-0.15, -0.1) is 0 Å². The van der Waals surface area contributed by atoms with E-state index in [2.05, 4.69) is 19.2 Å². The Morgan fingerprint density at radius 3 is 2.53 bits per heavy atom. The lowest BCUT2D eigenvalue weighted by atomic mass is 10.0. The largest absolute Gasteiger partial charge is 0.330 e. The van der Waals surface area contributed by atoms with E-state index in [-0.39, 0.29) is 5.54 Å². The van der Waals surface area contributed by atoms with Crippen molar-refractivity contribution >= 4 is 0 Å². The van der Waals surface area contributed by atoms with Crippen LogP contribution < -0.4 is 11.1 Å². The number of rotatable bonds is 6. The van der Waals surface area contributed by atoms with Crippen LogP contribution in [0.1, 0.15) is 25.8 Å². The molecule has 1 aromatic rings. The second-order valence-corrected chi connectivity index (χ2v) is 4.85. The quantitative estimate of drug-likeness (QED) is 0.802. The van der Waals surface area contributed by atoms with Crippen LogP contribution >= 0.6 is 0 Å². The molecular weight excluding hydrogens is 222 g/mol. The molecule has 0 saturated carbocycles. The van der Waals surface area contributed by atoms with Gasteiger partial charge in [-0.3, -0.25) is 0 Å². The molecule has 0 fully saturated rings. The first-order valence-electron chi connectivity index (χ1n) is 5.83. The number of nitrogens with one attached hydrogen (secondary N) is 1. The third-order valence-corrected chi connectivity index (χ3v) is 2.77. The molecule has 2 nitrogen and oxygen atoms in total. The van der Waals surface area contributed by atoms with Gasteiger partial charge < -0.3 is 11.1 Å². The summed E-state index contributed by atoms with van der Waals surface area (Å²) in [5.74, 6) is -1.59. The van der Waals surface area contributed by atoms with Crippen molar-refractivity contribution in [2.24, 2.45) is 5.73 Å². The van der Waals surface area contributed by atoms with Crippen LogP contribution in [0.25, 0.3) is 0 Å². The summed E-state index contributed by atoms with van der Waals surface area (Å²) in [4.78, 5) is 0. The molecule has 0 aliphatic rings. The van der Waals surface area contributed by atoms with Crippen LogP contribution in [-0.2, 0) is 6.42 Å². The lowest BCUT2D eigenvalue weighted by Crippen LogP contribution is -2.42. The van der Waals surface area contributed by atoms with Crippen LogP contribution in [0.2, 0.25) is 0 Å². The Kier molecular flexibility index (Phi) is 5.02. The number of hydrogen-bond acceptors (Lipinski definition) is 2. The minimum absolute atomic E-state index is 0.0205. The van der Waals surface area contributed by atoms with E-state index in [4.69, 9.17) is 5.73 Å². The lowest BCUT2D eigenvalue weighted by molar-refractivity contribution is 0.370. The number of nitrogens with two attached hydrogens (primary N) is 1. The monoisotopic (exact) mass is 242 g/mol. The average Bonchev–Trinajstić information content (AvgIpc) is 2.23. The minimum Gasteiger partial charge on any atom is -0.330 e. The van der Waals surface area contributed by atoms with Gasteiger partial charge in [0.2, 0.25) is 0 Å². The second-order valence-electron chi connectivity index (χ2n) is 4.85. The van der Waals surface area contributed by atoms with E-state index in [0.717, 1.165) is 24.6 Å². The first kappa shape index (κ1) is 14.1. The Morgan fingerprint density at radius 1 is 1.24 bits per heavy atom. The smallest absolute Gasteiger partial charge is 0.159 e. The number of hydrogen-bond donors (Lipinski definition) is 2. The zero-order valence-corrected chi connectivity index (χ0v) is 10.4. The first-order chi connectivity index (χ1) is 7.94. The maximum atomic E-state index is 12.9. The molecule has 0 heterocycles. The van der Waals surface area contributed by atoms with Gasteiger partial charge in [0.1, 0.15) is 0 Å². The van der Waals surface area contributed by atoms with E-state index in [1.54, 1.807) is 6.07 Å². The second kappa shape index (κ2) is 6.07. The van der Waals surface area contributed by atoms with E-state index in [0.29, 0.717) is 13.0 Å². The standard InChI is InChI=1S/C13H20F2N2/c1-13(2,6-7-16)17-8-5-10-3-4-11(14)12(15)9-10/h3-4,9,17H,5-8,16H2,1-2H3. The van der Waals surface area contributed by atoms with Crippen molar-refractivity contribution < 1.29 is 8.78 Å². The predicted molar refractivity (Wildman–Crippen MR) is 65.8 cm³/mol. The average molecular weight is 242 g/mol. The van der Waals surface area contributed by atoms with E-state index >= 15 is 0 Å². The highest BCUT2D eigenvalue weighted by Gasteiger charge is 2.14. The fourth-order valence-electron chi connectivity index (χ4n) is 1.69. The summed E-state index contributed by atoms with van der Waals surface area (Å²) >= 11 is 0. The van der Waals surface area contributed by atoms with Gasteiger partial charge in [0, 0.05) is 5.54 Å². The van der Waals surface area contributed by atoms with E-state index < -0.39 is 11.6 Å². The molecule has 3 N–H and O–H groups in total. The van der Waals surface area contributed by atoms with Gasteiger partial charge in [0.25, 0.3) is 0 Å². The molecule has 1 rings (SSSR count). The molecule has 4 heteroatoms. The van der Waals surface area contributed by atoms with Gasteiger partial charge in [0.15, 0.2) is 11.6 Å². The summed E-state index contributed by atoms with van der Waals surface area (Å²) in [6.45, 7) is 5.50. The normalized spacial score (nSPS) is 11.8. The summed E-state index contributed by atoms with van der Waals surface area (Å²) in [5, 5.41) is 3.35. The predicted octanol–water partition coefficient (Wildman–Crippen LogP) is 2.22. The SMILES string of the molecule is CC(C)(CCN)NCCc1ccc(F)c(F)c1. The Morgan fingerprint density at radius 2 is 1.94 bits per heavy atom. The molecule has 0 saturated heterocycles. The Bertz CT molecular complexity index is 364. The van der Waals surface area contributed by atoms with Crippen molar-refractivity contribution in [3.05, 3.63) is 35.4 Å². The Hall–Kier alpha value is -1.00. The van der Waals surface area contributed by atoms with Gasteiger partial charge >= 0.3 is 0 Å². The van der Waals surface area contributed by atoms with Crippen molar-refractivity contribution in [3.63, 3.8) is 0 Å². The van der Waals surface area contributed by atoms with Crippen LogP contribution in [0.3, 0.4) is 0 Å². The van der Waals surface area contributed by atoms with E-state index in [1.165, 1.54) is 6.07 Å². The van der Waals surface area contributed by atoms with Gasteiger partial charge in [0.05, 0.1) is 0 Å². The van der Waals surface area contributed by atoms with Crippen molar-refractivity contribution in [2.75, 3.05) is 13.1 Å². The van der Waals surface area contributed by atoms with Gasteiger partial charge in [-0.2, -0.15) is 0 Å². The molecule has 0 spiro atoms. The summed E-state index contributed by atoms with van der Waals surface area (Å²) in [6.07, 6.45) is 1.55. The fourth-order valence-corrected chi connectivity index (χ4v) is 1.69. The van der Waals surface area contributed by atoms with Crippen molar-refractivity contribution in [1.82, 2.24) is 5.32 Å². The van der Waals surface area contributed by atoms with Gasteiger partial charge in [-0.05, 0) is 57.5 Å². The van der Waals surface area contributed by atoms with Crippen LogP contribution in [0.15, 0.2) is 18.2 Å². The van der Waals surface area contributed by atoms with Crippen molar-refractivity contribution in [2.45, 2.75) is 32.2 Å². The van der Waals surface area contributed by atoms with Crippen LogP contribution in [0.5, 0.6) is 0 Å². The highest BCUT2D eigenvalue weighted by atomic mass is 19.2. The maximum absolute atomic E-state index is 12.9. The van der Waals surface area contributed by atoms with Crippen molar-refractivity contribution in [3.8, 4) is 0 Å². The zero-order chi connectivity index (χ0) is 12.9. The van der Waals surface area contributed by atoms with E-state index in [1.807, 2.05) is 0 Å². The molecule has 1 aromatic carbocycles. The summed E-state index contributed by atoms with van der Waals surface area (Å²) in [5.41, 5.74) is 6.27. The lowest BCUT2D eigenvalue weighted by Gasteiger charge is -2.25. The molecule has 0 radical (unpaired) electrons. The molecule has 17 heavy (non-hydrogen) atoms. The first-order valence-corrected chi connectivity index (χ1v) is 5.83. The molecule has 0 bridgehead atoms. The van der Waals surface area contributed by atoms with Crippen LogP contribution in [0.4, 0.5) is 8.78 Å². The third-order valence-electron chi connectivity index (χ3n) is 2.77.